The fourth-order valence-electron chi connectivity index (χ4n) is 4.33. The maximum Gasteiger partial charge on any atom is 0.272 e. The summed E-state index contributed by atoms with van der Waals surface area (Å²) in [6.45, 7) is 6.42. The standard InChI is InChI=1S/C19H24ClN3O3/c1-19(2)18(25)21(3)14-6-4-5-13(16(14)26-19)17(24)23(20)15-11-22-9-7-12(15)8-10-22/h4-6,12,15H,7-11H2,1-3H3. The second kappa shape index (κ2) is 6.13. The summed E-state index contributed by atoms with van der Waals surface area (Å²) >= 11 is 6.54. The predicted molar refractivity (Wildman–Crippen MR) is 99.5 cm³/mol. The van der Waals surface area contributed by atoms with E-state index >= 15 is 0 Å². The molecule has 0 spiro atoms. The van der Waals surface area contributed by atoms with Gasteiger partial charge in [0.25, 0.3) is 11.8 Å². The smallest absolute Gasteiger partial charge is 0.272 e. The van der Waals surface area contributed by atoms with Gasteiger partial charge in [-0.25, -0.2) is 4.42 Å². The monoisotopic (exact) mass is 377 g/mol. The Kier molecular flexibility index (Phi) is 4.15. The molecule has 0 saturated carbocycles. The SMILES string of the molecule is CN1C(=O)C(C)(C)Oc2c(C(=O)N(Cl)C3CN4CCC3CC4)cccc21. The molecular weight excluding hydrogens is 354 g/mol. The Morgan fingerprint density at radius 1 is 1.31 bits per heavy atom. The van der Waals surface area contributed by atoms with E-state index in [2.05, 4.69) is 4.90 Å². The number of hydrogen-bond acceptors (Lipinski definition) is 4. The number of ether oxygens (including phenoxy) is 1. The fourth-order valence-corrected chi connectivity index (χ4v) is 4.65. The fraction of sp³-hybridized carbons (Fsp3) is 0.579. The largest absolute Gasteiger partial charge is 0.475 e. The number of carbonyl (C=O) groups is 2. The Morgan fingerprint density at radius 2 is 2.00 bits per heavy atom. The van der Waals surface area contributed by atoms with Crippen LogP contribution in [0.5, 0.6) is 5.75 Å². The molecule has 3 fully saturated rings. The van der Waals surface area contributed by atoms with E-state index in [1.54, 1.807) is 44.0 Å². The van der Waals surface area contributed by atoms with Crippen LogP contribution in [0.2, 0.25) is 0 Å². The number of amides is 2. The van der Waals surface area contributed by atoms with Gasteiger partial charge in [0, 0.05) is 25.4 Å². The Morgan fingerprint density at radius 3 is 2.62 bits per heavy atom. The van der Waals surface area contributed by atoms with Crippen molar-refractivity contribution in [3.05, 3.63) is 23.8 Å². The number of benzene rings is 1. The summed E-state index contributed by atoms with van der Waals surface area (Å²) in [7, 11) is 1.70. The number of rotatable bonds is 2. The Balaban J connectivity index is 1.66. The molecule has 5 rings (SSSR count). The van der Waals surface area contributed by atoms with Crippen LogP contribution in [0, 0.1) is 5.92 Å². The number of anilines is 1. The maximum atomic E-state index is 13.2. The van der Waals surface area contributed by atoms with Gasteiger partial charge >= 0.3 is 0 Å². The number of hydrogen-bond donors (Lipinski definition) is 0. The molecule has 6 nitrogen and oxygen atoms in total. The second-order valence-electron chi connectivity index (χ2n) is 7.95. The molecule has 7 heteroatoms. The van der Waals surface area contributed by atoms with Gasteiger partial charge in [-0.1, -0.05) is 6.07 Å². The lowest BCUT2D eigenvalue weighted by Gasteiger charge is -2.47. The second-order valence-corrected chi connectivity index (χ2v) is 8.32. The summed E-state index contributed by atoms with van der Waals surface area (Å²) in [4.78, 5) is 29.5. The van der Waals surface area contributed by atoms with Crippen LogP contribution in [-0.2, 0) is 4.79 Å². The van der Waals surface area contributed by atoms with Gasteiger partial charge in [-0.05, 0) is 57.8 Å². The van der Waals surface area contributed by atoms with Crippen LogP contribution in [0.1, 0.15) is 37.0 Å². The number of likely N-dealkylation sites (N-methyl/N-ethyl adjacent to an activating group) is 1. The number of nitrogens with zero attached hydrogens (tertiary/aromatic N) is 3. The number of fused-ring (bicyclic) bond motifs is 4. The van der Waals surface area contributed by atoms with Crippen molar-refractivity contribution < 1.29 is 14.3 Å². The van der Waals surface area contributed by atoms with Gasteiger partial charge in [0.2, 0.25) is 0 Å². The van der Waals surface area contributed by atoms with Crippen molar-refractivity contribution in [3.8, 4) is 5.75 Å². The molecule has 26 heavy (non-hydrogen) atoms. The molecule has 1 aromatic carbocycles. The summed E-state index contributed by atoms with van der Waals surface area (Å²) in [5.74, 6) is 0.467. The van der Waals surface area contributed by atoms with E-state index in [0.29, 0.717) is 22.9 Å². The van der Waals surface area contributed by atoms with Crippen LogP contribution in [0.15, 0.2) is 18.2 Å². The molecule has 0 aliphatic carbocycles. The first-order valence-corrected chi connectivity index (χ1v) is 9.45. The Labute approximate surface area is 158 Å². The molecule has 140 valence electrons. The highest BCUT2D eigenvalue weighted by molar-refractivity contribution is 6.25. The van der Waals surface area contributed by atoms with E-state index < -0.39 is 5.60 Å². The highest BCUT2D eigenvalue weighted by atomic mass is 35.5. The molecule has 0 aromatic heterocycles. The molecule has 0 N–H and O–H groups in total. The van der Waals surface area contributed by atoms with Crippen LogP contribution in [0.3, 0.4) is 0 Å². The molecule has 4 aliphatic rings. The van der Waals surface area contributed by atoms with Crippen LogP contribution in [0.25, 0.3) is 0 Å². The molecule has 1 atom stereocenters. The van der Waals surface area contributed by atoms with E-state index in [4.69, 9.17) is 16.5 Å². The van der Waals surface area contributed by atoms with Crippen molar-refractivity contribution in [1.29, 1.82) is 0 Å². The van der Waals surface area contributed by atoms with Crippen LogP contribution >= 0.6 is 11.8 Å². The lowest BCUT2D eigenvalue weighted by molar-refractivity contribution is -0.132. The zero-order valence-electron chi connectivity index (χ0n) is 15.4. The van der Waals surface area contributed by atoms with Crippen molar-refractivity contribution in [2.24, 2.45) is 5.92 Å². The third kappa shape index (κ3) is 2.67. The van der Waals surface area contributed by atoms with Gasteiger partial charge in [0.15, 0.2) is 11.4 Å². The summed E-state index contributed by atoms with van der Waals surface area (Å²) in [5.41, 5.74) is -0.0224. The zero-order valence-corrected chi connectivity index (χ0v) is 16.1. The topological polar surface area (TPSA) is 53.1 Å². The van der Waals surface area contributed by atoms with Gasteiger partial charge < -0.3 is 14.5 Å². The van der Waals surface area contributed by atoms with Crippen LogP contribution in [0.4, 0.5) is 5.69 Å². The average molecular weight is 378 g/mol. The third-order valence-corrected chi connectivity index (χ3v) is 6.27. The van der Waals surface area contributed by atoms with Crippen LogP contribution in [-0.4, -0.2) is 59.5 Å². The molecular formula is C19H24ClN3O3. The number of carbonyl (C=O) groups excluding carboxylic acids is 2. The molecule has 2 bridgehead atoms. The maximum absolute atomic E-state index is 13.2. The summed E-state index contributed by atoms with van der Waals surface area (Å²) < 4.78 is 7.31. The van der Waals surface area contributed by atoms with Crippen molar-refractivity contribution in [3.63, 3.8) is 0 Å². The first-order valence-electron chi connectivity index (χ1n) is 9.11. The third-order valence-electron chi connectivity index (χ3n) is 5.87. The van der Waals surface area contributed by atoms with Gasteiger partial charge in [0.1, 0.15) is 0 Å². The molecule has 3 saturated heterocycles. The summed E-state index contributed by atoms with van der Waals surface area (Å²) in [6.07, 6.45) is 2.16. The lowest BCUT2D eigenvalue weighted by Crippen LogP contribution is -2.56. The molecule has 1 unspecified atom stereocenters. The average Bonchev–Trinajstić information content (AvgIpc) is 2.65. The van der Waals surface area contributed by atoms with Crippen molar-refractivity contribution in [1.82, 2.24) is 9.32 Å². The molecule has 4 heterocycles. The Hall–Kier alpha value is -1.79. The molecule has 0 radical (unpaired) electrons. The lowest BCUT2D eigenvalue weighted by atomic mass is 9.84. The van der Waals surface area contributed by atoms with Crippen molar-refractivity contribution >= 4 is 29.3 Å². The molecule has 2 amide bonds. The first kappa shape index (κ1) is 17.6. The summed E-state index contributed by atoms with van der Waals surface area (Å²) in [5, 5.41) is 0. The number of piperidine rings is 3. The predicted octanol–water partition coefficient (Wildman–Crippen LogP) is 2.51. The summed E-state index contributed by atoms with van der Waals surface area (Å²) in [6, 6.07) is 5.28. The number of halogens is 1. The zero-order chi connectivity index (χ0) is 18.6. The van der Waals surface area contributed by atoms with Crippen molar-refractivity contribution in [2.45, 2.75) is 38.3 Å². The highest BCUT2D eigenvalue weighted by Gasteiger charge is 2.43. The van der Waals surface area contributed by atoms with E-state index in [0.717, 1.165) is 32.5 Å². The van der Waals surface area contributed by atoms with Crippen LogP contribution < -0.4 is 9.64 Å². The van der Waals surface area contributed by atoms with Crippen molar-refractivity contribution in [2.75, 3.05) is 31.6 Å². The minimum absolute atomic E-state index is 0.0125. The van der Waals surface area contributed by atoms with E-state index in [1.165, 1.54) is 4.42 Å². The minimum Gasteiger partial charge on any atom is -0.475 e. The van der Waals surface area contributed by atoms with E-state index in [9.17, 15) is 9.59 Å². The van der Waals surface area contributed by atoms with E-state index in [1.807, 2.05) is 0 Å². The first-order chi connectivity index (χ1) is 12.3. The normalized spacial score (nSPS) is 29.2. The van der Waals surface area contributed by atoms with E-state index in [-0.39, 0.29) is 17.9 Å². The van der Waals surface area contributed by atoms with Gasteiger partial charge in [-0.15, -0.1) is 0 Å². The number of para-hydroxylation sites is 1. The quantitative estimate of drug-likeness (QED) is 0.743. The van der Waals surface area contributed by atoms with Gasteiger partial charge in [-0.3, -0.25) is 9.59 Å². The molecule has 1 aromatic rings. The Bertz CT molecular complexity index is 758. The minimum atomic E-state index is -1.02. The van der Waals surface area contributed by atoms with Gasteiger partial charge in [0.05, 0.1) is 17.3 Å². The highest BCUT2D eigenvalue weighted by Crippen LogP contribution is 2.41. The molecule has 4 aliphatic heterocycles. The van der Waals surface area contributed by atoms with Gasteiger partial charge in [-0.2, -0.15) is 0 Å².